The van der Waals surface area contributed by atoms with Crippen LogP contribution < -0.4 is 4.57 Å². The molecule has 0 spiro atoms. The van der Waals surface area contributed by atoms with E-state index in [1.54, 1.807) is 18.4 Å². The van der Waals surface area contributed by atoms with Crippen molar-refractivity contribution in [1.29, 1.82) is 0 Å². The number of hydrogen-bond acceptors (Lipinski definition) is 4. The molecule has 1 heterocycles. The summed E-state index contributed by atoms with van der Waals surface area (Å²) in [5.41, 5.74) is 4.66. The van der Waals surface area contributed by atoms with Gasteiger partial charge in [0.15, 0.2) is 12.7 Å². The zero-order valence-electron chi connectivity index (χ0n) is 21.7. The number of hydrogen-bond donors (Lipinski definition) is 0. The highest BCUT2D eigenvalue weighted by Gasteiger charge is 2.11. The molecule has 0 aliphatic carbocycles. The molecule has 1 aromatic carbocycles. The second-order valence-corrected chi connectivity index (χ2v) is 10.1. The average molecular weight is 491 g/mol. The number of methoxy groups -OCH3 is 1. The van der Waals surface area contributed by atoms with E-state index in [9.17, 15) is 0 Å². The minimum absolute atomic E-state index is 0.0178. The normalized spacial score (nSPS) is 12.3. The highest BCUT2D eigenvalue weighted by Crippen LogP contribution is 2.13. The van der Waals surface area contributed by atoms with E-state index in [-0.39, 0.29) is 6.10 Å². The largest absolute Gasteiger partial charge is 0.379 e. The maximum Gasteiger partial charge on any atom is 0.224 e. The number of unbranched alkanes of at least 4 members (excludes halogenated alkanes) is 11. The van der Waals surface area contributed by atoms with Crippen LogP contribution in [-0.2, 0) is 27.4 Å². The van der Waals surface area contributed by atoms with E-state index in [1.165, 1.54) is 81.8 Å². The minimum atomic E-state index is -0.0178. The molecule has 0 N–H and O–H groups in total. The molecule has 0 amide bonds. The summed E-state index contributed by atoms with van der Waals surface area (Å²) in [4.78, 5) is 0. The highest BCUT2D eigenvalue weighted by molar-refractivity contribution is 7.07. The molecular weight excluding hydrogens is 442 g/mol. The zero-order valence-corrected chi connectivity index (χ0v) is 22.5. The van der Waals surface area contributed by atoms with Crippen molar-refractivity contribution in [1.82, 2.24) is 0 Å². The van der Waals surface area contributed by atoms with Gasteiger partial charge in [-0.15, -0.1) is 0 Å². The van der Waals surface area contributed by atoms with E-state index in [4.69, 9.17) is 14.2 Å². The summed E-state index contributed by atoms with van der Waals surface area (Å²) in [6, 6.07) is 8.49. The fraction of sp³-hybridized carbons (Fsp3) is 0.690. The van der Waals surface area contributed by atoms with Gasteiger partial charge < -0.3 is 14.2 Å². The number of benzene rings is 1. The van der Waals surface area contributed by atoms with Gasteiger partial charge in [0.25, 0.3) is 0 Å². The van der Waals surface area contributed by atoms with Crippen molar-refractivity contribution in [2.45, 2.75) is 103 Å². The summed E-state index contributed by atoms with van der Waals surface area (Å²) in [6.45, 7) is 5.72. The molecule has 192 valence electrons. The van der Waals surface area contributed by atoms with Gasteiger partial charge in [-0.2, -0.15) is 4.57 Å². The van der Waals surface area contributed by atoms with Crippen molar-refractivity contribution in [3.05, 3.63) is 52.5 Å². The van der Waals surface area contributed by atoms with Crippen molar-refractivity contribution in [2.75, 3.05) is 26.9 Å². The quantitative estimate of drug-likeness (QED) is 0.128. The maximum absolute atomic E-state index is 5.99. The van der Waals surface area contributed by atoms with Gasteiger partial charge in [0.05, 0.1) is 25.2 Å². The first-order chi connectivity index (χ1) is 16.8. The van der Waals surface area contributed by atoms with E-state index in [2.05, 4.69) is 52.8 Å². The number of aromatic nitrogens is 1. The lowest BCUT2D eigenvalue weighted by Crippen LogP contribution is -2.31. The first-order valence-electron chi connectivity index (χ1n) is 13.5. The summed E-state index contributed by atoms with van der Waals surface area (Å²) < 4.78 is 19.6. The Morgan fingerprint density at radius 1 is 0.794 bits per heavy atom. The second kappa shape index (κ2) is 20.0. The van der Waals surface area contributed by atoms with Crippen LogP contribution >= 0.6 is 11.3 Å². The third-order valence-electron chi connectivity index (χ3n) is 6.34. The fourth-order valence-corrected chi connectivity index (χ4v) is 4.74. The smallest absolute Gasteiger partial charge is 0.224 e. The lowest BCUT2D eigenvalue weighted by Gasteiger charge is -2.16. The SMILES string of the molecule is CCCCCCCCCCCCCCOCC(COCc1ccccc1C[n+]1ccsc1)OC. The van der Waals surface area contributed by atoms with Crippen LogP contribution in [0.3, 0.4) is 0 Å². The van der Waals surface area contributed by atoms with Crippen LogP contribution in [0.1, 0.15) is 95.1 Å². The van der Waals surface area contributed by atoms with Crippen molar-refractivity contribution >= 4 is 11.3 Å². The monoisotopic (exact) mass is 490 g/mol. The van der Waals surface area contributed by atoms with Gasteiger partial charge in [0.1, 0.15) is 6.10 Å². The van der Waals surface area contributed by atoms with E-state index in [0.29, 0.717) is 19.8 Å². The van der Waals surface area contributed by atoms with Gasteiger partial charge in [0.2, 0.25) is 5.51 Å². The molecule has 0 bridgehead atoms. The average Bonchev–Trinajstić information content (AvgIpc) is 3.37. The Labute approximate surface area is 212 Å². The molecule has 2 aromatic rings. The summed E-state index contributed by atoms with van der Waals surface area (Å²) in [5.74, 6) is 0. The van der Waals surface area contributed by atoms with Gasteiger partial charge in [0, 0.05) is 19.3 Å². The van der Waals surface area contributed by atoms with Gasteiger partial charge >= 0.3 is 0 Å². The zero-order chi connectivity index (χ0) is 24.1. The number of nitrogens with zero attached hydrogens (tertiary/aromatic N) is 1. The van der Waals surface area contributed by atoms with Crippen molar-refractivity contribution in [3.63, 3.8) is 0 Å². The van der Waals surface area contributed by atoms with Gasteiger partial charge in [-0.1, -0.05) is 113 Å². The van der Waals surface area contributed by atoms with Gasteiger partial charge in [-0.05, 0) is 12.0 Å². The second-order valence-electron chi connectivity index (χ2n) is 9.30. The third-order valence-corrected chi connectivity index (χ3v) is 7.01. The molecule has 0 saturated heterocycles. The topological polar surface area (TPSA) is 31.6 Å². The van der Waals surface area contributed by atoms with E-state index in [0.717, 1.165) is 19.6 Å². The van der Waals surface area contributed by atoms with E-state index < -0.39 is 0 Å². The first kappa shape index (κ1) is 29.0. The summed E-state index contributed by atoms with van der Waals surface area (Å²) in [5, 5.41) is 2.10. The first-order valence-corrected chi connectivity index (χ1v) is 14.4. The van der Waals surface area contributed by atoms with Crippen molar-refractivity contribution in [3.8, 4) is 0 Å². The summed E-state index contributed by atoms with van der Waals surface area (Å²) >= 11 is 1.71. The van der Waals surface area contributed by atoms with Crippen LogP contribution in [0.5, 0.6) is 0 Å². The molecule has 4 nitrogen and oxygen atoms in total. The Morgan fingerprint density at radius 3 is 2.03 bits per heavy atom. The van der Waals surface area contributed by atoms with E-state index in [1.807, 2.05) is 0 Å². The lowest BCUT2D eigenvalue weighted by atomic mass is 10.1. The molecule has 0 fully saturated rings. The summed E-state index contributed by atoms with van der Waals surface area (Å²) in [6.07, 6.45) is 18.5. The molecular formula is C29H48NO3S+. The van der Waals surface area contributed by atoms with Gasteiger partial charge in [-0.3, -0.25) is 0 Å². The Kier molecular flexibility index (Phi) is 17.0. The Hall–Kier alpha value is -1.27. The van der Waals surface area contributed by atoms with Crippen LogP contribution in [0, 0.1) is 0 Å². The van der Waals surface area contributed by atoms with Crippen LogP contribution in [0.15, 0.2) is 41.4 Å². The molecule has 0 saturated carbocycles. The molecule has 0 radical (unpaired) electrons. The predicted molar refractivity (Wildman–Crippen MR) is 142 cm³/mol. The van der Waals surface area contributed by atoms with Crippen LogP contribution in [-0.4, -0.2) is 33.0 Å². The molecule has 5 heteroatoms. The Balaban J connectivity index is 1.46. The standard InChI is InChI=1S/C29H48NO3S/c1-3-4-5-6-7-8-9-10-11-12-13-16-20-32-24-29(31-2)25-33-23-28-18-15-14-17-27(28)22-30-19-21-34-26-30/h14-15,17-19,21,26,29H,3-13,16,20,22-25H2,1-2H3/q+1. The van der Waals surface area contributed by atoms with Crippen LogP contribution in [0.25, 0.3) is 0 Å². The number of ether oxygens (including phenoxy) is 3. The summed E-state index contributed by atoms with van der Waals surface area (Å²) in [7, 11) is 1.74. The van der Waals surface area contributed by atoms with Crippen LogP contribution in [0.2, 0.25) is 0 Å². The Bertz CT molecular complexity index is 707. The molecule has 0 aliphatic rings. The lowest BCUT2D eigenvalue weighted by molar-refractivity contribution is -0.683. The minimum Gasteiger partial charge on any atom is -0.379 e. The Morgan fingerprint density at radius 2 is 1.41 bits per heavy atom. The molecule has 1 unspecified atom stereocenters. The predicted octanol–water partition coefficient (Wildman–Crippen LogP) is 7.33. The molecule has 1 atom stereocenters. The third kappa shape index (κ3) is 13.6. The molecule has 1 aromatic heterocycles. The highest BCUT2D eigenvalue weighted by atomic mass is 32.1. The molecule has 2 rings (SSSR count). The van der Waals surface area contributed by atoms with Crippen LogP contribution in [0.4, 0.5) is 0 Å². The fourth-order valence-electron chi connectivity index (χ4n) is 4.15. The molecule has 0 aliphatic heterocycles. The number of rotatable bonds is 22. The van der Waals surface area contributed by atoms with Gasteiger partial charge in [-0.25, -0.2) is 0 Å². The van der Waals surface area contributed by atoms with Crippen molar-refractivity contribution < 1.29 is 18.8 Å². The number of thiazole rings is 1. The maximum atomic E-state index is 5.99. The molecule has 34 heavy (non-hydrogen) atoms. The van der Waals surface area contributed by atoms with E-state index >= 15 is 0 Å². The van der Waals surface area contributed by atoms with Crippen molar-refractivity contribution in [2.24, 2.45) is 0 Å².